The zero-order valence-electron chi connectivity index (χ0n) is 6.21. The van der Waals surface area contributed by atoms with Crippen molar-refractivity contribution < 1.29 is 0 Å². The van der Waals surface area contributed by atoms with Crippen molar-refractivity contribution in [2.24, 2.45) is 0 Å². The molecule has 0 aliphatic rings. The number of hydrogen-bond donors (Lipinski definition) is 1. The quantitative estimate of drug-likeness (QED) is 0.714. The summed E-state index contributed by atoms with van der Waals surface area (Å²) in [6.45, 7) is 1.72. The first-order valence-corrected chi connectivity index (χ1v) is 4.08. The Morgan fingerprint density at radius 1 is 1.67 bits per heavy atom. The summed E-state index contributed by atoms with van der Waals surface area (Å²) in [4.78, 5) is 17.6. The van der Waals surface area contributed by atoms with E-state index in [2.05, 4.69) is 31.0 Å². The number of aryl methyl sites for hydroxylation is 1. The molecule has 6 heteroatoms. The molecule has 0 aliphatic carbocycles. The molecule has 0 bridgehead atoms. The molecule has 0 saturated carbocycles. The lowest BCUT2D eigenvalue weighted by atomic mass is 10.4. The van der Waals surface area contributed by atoms with Crippen molar-refractivity contribution in [2.75, 3.05) is 0 Å². The fourth-order valence-electron chi connectivity index (χ4n) is 0.915. The molecule has 5 nitrogen and oxygen atoms in total. The van der Waals surface area contributed by atoms with Crippen LogP contribution in [0.4, 0.5) is 0 Å². The Hall–Kier alpha value is -1.17. The van der Waals surface area contributed by atoms with Gasteiger partial charge in [0.15, 0.2) is 0 Å². The van der Waals surface area contributed by atoms with Gasteiger partial charge in [-0.15, -0.1) is 5.10 Å². The number of rotatable bonds is 0. The standard InChI is InChI=1S/C6H5BrN4O/c1-3-2-11-6(8-4(3)12)9-5(7)10-11/h2H,1H3,(H,8,9,10,12). The average molecular weight is 229 g/mol. The highest BCUT2D eigenvalue weighted by Crippen LogP contribution is 2.02. The normalized spacial score (nSPS) is 10.8. The van der Waals surface area contributed by atoms with Crippen molar-refractivity contribution in [3.05, 3.63) is 26.8 Å². The fraction of sp³-hybridized carbons (Fsp3) is 0.167. The van der Waals surface area contributed by atoms with E-state index in [1.54, 1.807) is 13.1 Å². The van der Waals surface area contributed by atoms with Gasteiger partial charge in [-0.3, -0.25) is 9.78 Å². The van der Waals surface area contributed by atoms with Gasteiger partial charge in [0.2, 0.25) is 10.5 Å². The van der Waals surface area contributed by atoms with Crippen molar-refractivity contribution in [3.63, 3.8) is 0 Å². The van der Waals surface area contributed by atoms with Crippen LogP contribution in [0.25, 0.3) is 5.78 Å². The maximum absolute atomic E-state index is 11.1. The first kappa shape index (κ1) is 7.48. The third-order valence-corrected chi connectivity index (χ3v) is 1.84. The highest BCUT2D eigenvalue weighted by atomic mass is 79.9. The molecule has 0 radical (unpaired) electrons. The summed E-state index contributed by atoms with van der Waals surface area (Å²) >= 11 is 3.11. The van der Waals surface area contributed by atoms with Gasteiger partial charge in [0.05, 0.1) is 0 Å². The second kappa shape index (κ2) is 2.41. The molecule has 2 aromatic rings. The largest absolute Gasteiger partial charge is 0.291 e. The van der Waals surface area contributed by atoms with Crippen LogP contribution in [0.15, 0.2) is 15.7 Å². The number of fused-ring (bicyclic) bond motifs is 1. The van der Waals surface area contributed by atoms with Crippen molar-refractivity contribution in [3.8, 4) is 0 Å². The molecule has 2 heterocycles. The number of H-pyrrole nitrogens is 1. The number of nitrogens with zero attached hydrogens (tertiary/aromatic N) is 3. The van der Waals surface area contributed by atoms with Gasteiger partial charge in [-0.1, -0.05) is 0 Å². The van der Waals surface area contributed by atoms with E-state index in [0.29, 0.717) is 16.1 Å². The van der Waals surface area contributed by atoms with Crippen molar-refractivity contribution in [2.45, 2.75) is 6.92 Å². The number of aromatic amines is 1. The van der Waals surface area contributed by atoms with Crippen LogP contribution in [0, 0.1) is 6.92 Å². The number of halogens is 1. The molecule has 0 saturated heterocycles. The molecule has 1 N–H and O–H groups in total. The van der Waals surface area contributed by atoms with Gasteiger partial charge in [-0.05, 0) is 22.9 Å². The highest BCUT2D eigenvalue weighted by molar-refractivity contribution is 9.10. The lowest BCUT2D eigenvalue weighted by Crippen LogP contribution is -2.11. The minimum atomic E-state index is -0.137. The second-order valence-electron chi connectivity index (χ2n) is 2.42. The van der Waals surface area contributed by atoms with Crippen molar-refractivity contribution in [1.29, 1.82) is 0 Å². The van der Waals surface area contributed by atoms with Gasteiger partial charge >= 0.3 is 0 Å². The van der Waals surface area contributed by atoms with E-state index in [0.717, 1.165) is 0 Å². The topological polar surface area (TPSA) is 63.1 Å². The van der Waals surface area contributed by atoms with Gasteiger partial charge in [-0.25, -0.2) is 4.52 Å². The summed E-state index contributed by atoms with van der Waals surface area (Å²) in [5.41, 5.74) is 0.474. The third-order valence-electron chi connectivity index (χ3n) is 1.50. The molecule has 0 aromatic carbocycles. The van der Waals surface area contributed by atoms with E-state index in [4.69, 9.17) is 0 Å². The fourth-order valence-corrected chi connectivity index (χ4v) is 1.25. The number of hydrogen-bond acceptors (Lipinski definition) is 3. The molecule has 0 amide bonds. The molecule has 0 unspecified atom stereocenters. The summed E-state index contributed by atoms with van der Waals surface area (Å²) in [5, 5.41) is 3.97. The van der Waals surface area contributed by atoms with Crippen LogP contribution in [-0.4, -0.2) is 19.6 Å². The number of aromatic nitrogens is 4. The molecule has 0 aliphatic heterocycles. The van der Waals surface area contributed by atoms with Gasteiger partial charge < -0.3 is 0 Å². The Morgan fingerprint density at radius 3 is 3.17 bits per heavy atom. The molecule has 2 rings (SSSR count). The van der Waals surface area contributed by atoms with E-state index in [1.165, 1.54) is 4.52 Å². The second-order valence-corrected chi connectivity index (χ2v) is 3.12. The maximum atomic E-state index is 11.1. The summed E-state index contributed by atoms with van der Waals surface area (Å²) in [6.07, 6.45) is 1.63. The first-order valence-electron chi connectivity index (χ1n) is 3.28. The van der Waals surface area contributed by atoms with Gasteiger partial charge in [-0.2, -0.15) is 4.98 Å². The van der Waals surface area contributed by atoms with E-state index in [-0.39, 0.29) is 5.56 Å². The monoisotopic (exact) mass is 228 g/mol. The molecule has 2 aromatic heterocycles. The Kier molecular flexibility index (Phi) is 1.50. The first-order chi connectivity index (χ1) is 5.66. The smallest absolute Gasteiger partial charge is 0.255 e. The predicted molar refractivity (Wildman–Crippen MR) is 46.0 cm³/mol. The van der Waals surface area contributed by atoms with Crippen molar-refractivity contribution in [1.82, 2.24) is 19.6 Å². The maximum Gasteiger partial charge on any atom is 0.255 e. The van der Waals surface area contributed by atoms with Crippen LogP contribution in [0.1, 0.15) is 5.56 Å². The Labute approximate surface area is 75.6 Å². The average Bonchev–Trinajstić information content (AvgIpc) is 2.30. The lowest BCUT2D eigenvalue weighted by molar-refractivity contribution is 0.907. The molecular weight excluding hydrogens is 224 g/mol. The van der Waals surface area contributed by atoms with E-state index in [9.17, 15) is 4.79 Å². The van der Waals surface area contributed by atoms with Crippen LogP contribution in [-0.2, 0) is 0 Å². The summed E-state index contributed by atoms with van der Waals surface area (Å²) in [5.74, 6) is 0.442. The van der Waals surface area contributed by atoms with E-state index >= 15 is 0 Å². The lowest BCUT2D eigenvalue weighted by Gasteiger charge is -1.91. The van der Waals surface area contributed by atoms with Gasteiger partial charge in [0.25, 0.3) is 5.56 Å². The van der Waals surface area contributed by atoms with E-state index in [1.807, 2.05) is 0 Å². The Morgan fingerprint density at radius 2 is 2.42 bits per heavy atom. The molecule has 0 atom stereocenters. The zero-order valence-corrected chi connectivity index (χ0v) is 7.79. The predicted octanol–water partition coefficient (Wildman–Crippen LogP) is 0.489. The van der Waals surface area contributed by atoms with Gasteiger partial charge in [0, 0.05) is 11.8 Å². The van der Waals surface area contributed by atoms with Crippen LogP contribution in [0.3, 0.4) is 0 Å². The third kappa shape index (κ3) is 1.04. The Bertz CT molecular complexity index is 486. The van der Waals surface area contributed by atoms with Crippen LogP contribution in [0.2, 0.25) is 0 Å². The van der Waals surface area contributed by atoms with E-state index < -0.39 is 0 Å². The van der Waals surface area contributed by atoms with Crippen LogP contribution < -0.4 is 5.56 Å². The molecular formula is C6H5BrN4O. The van der Waals surface area contributed by atoms with Crippen LogP contribution in [0.5, 0.6) is 0 Å². The summed E-state index contributed by atoms with van der Waals surface area (Å²) in [7, 11) is 0. The summed E-state index contributed by atoms with van der Waals surface area (Å²) in [6, 6.07) is 0. The minimum Gasteiger partial charge on any atom is -0.291 e. The Balaban J connectivity index is 2.92. The number of nitrogens with one attached hydrogen (secondary N) is 1. The molecule has 62 valence electrons. The molecule has 0 spiro atoms. The van der Waals surface area contributed by atoms with Crippen LogP contribution >= 0.6 is 15.9 Å². The molecule has 0 fully saturated rings. The zero-order chi connectivity index (χ0) is 8.72. The minimum absolute atomic E-state index is 0.137. The van der Waals surface area contributed by atoms with Gasteiger partial charge in [0.1, 0.15) is 0 Å². The SMILES string of the molecule is Cc1cn2nc(Br)nc2[nH]c1=O. The van der Waals surface area contributed by atoms with Crippen molar-refractivity contribution >= 4 is 21.7 Å². The highest BCUT2D eigenvalue weighted by Gasteiger charge is 2.02. The summed E-state index contributed by atoms with van der Waals surface area (Å²) < 4.78 is 1.98. The molecule has 12 heavy (non-hydrogen) atoms.